The van der Waals surface area contributed by atoms with Gasteiger partial charge in [0, 0.05) is 11.9 Å². The van der Waals surface area contributed by atoms with Crippen molar-refractivity contribution in [2.75, 3.05) is 13.2 Å². The predicted molar refractivity (Wildman–Crippen MR) is 87.1 cm³/mol. The molecule has 0 spiro atoms. The van der Waals surface area contributed by atoms with Crippen molar-refractivity contribution in [1.29, 1.82) is 0 Å². The van der Waals surface area contributed by atoms with E-state index in [2.05, 4.69) is 16.3 Å². The van der Waals surface area contributed by atoms with Crippen molar-refractivity contribution >= 4 is 16.8 Å². The van der Waals surface area contributed by atoms with E-state index in [9.17, 15) is 9.90 Å². The third-order valence-electron chi connectivity index (χ3n) is 4.55. The number of para-hydroxylation sites is 1. The highest BCUT2D eigenvalue weighted by Crippen LogP contribution is 2.31. The summed E-state index contributed by atoms with van der Waals surface area (Å²) in [5.74, 6) is -0.0756. The van der Waals surface area contributed by atoms with Gasteiger partial charge in [-0.2, -0.15) is 5.10 Å². The molecule has 0 fully saturated rings. The minimum atomic E-state index is -0.300. The van der Waals surface area contributed by atoms with E-state index in [0.717, 1.165) is 22.9 Å². The maximum atomic E-state index is 13.1. The smallest absolute Gasteiger partial charge is 0.256 e. The van der Waals surface area contributed by atoms with E-state index in [0.29, 0.717) is 12.1 Å². The van der Waals surface area contributed by atoms with Crippen LogP contribution in [-0.4, -0.2) is 39.3 Å². The third kappa shape index (κ3) is 2.21. The number of amides is 1. The average molecular weight is 307 g/mol. The molecule has 0 bridgehead atoms. The predicted octanol–water partition coefficient (Wildman–Crippen LogP) is 2.29. The SMILES string of the molecule is O=C(c1cccc2cn[nH]c12)N1CCc2ccccc2C1CO. The van der Waals surface area contributed by atoms with Gasteiger partial charge >= 0.3 is 0 Å². The van der Waals surface area contributed by atoms with Crippen LogP contribution in [-0.2, 0) is 6.42 Å². The second kappa shape index (κ2) is 5.52. The number of nitrogens with one attached hydrogen (secondary N) is 1. The number of H-pyrrole nitrogens is 1. The first kappa shape index (κ1) is 14.0. The zero-order valence-electron chi connectivity index (χ0n) is 12.6. The number of aliphatic hydroxyl groups excluding tert-OH is 1. The molecule has 0 saturated carbocycles. The molecule has 116 valence electrons. The Morgan fingerprint density at radius 3 is 3.00 bits per heavy atom. The van der Waals surface area contributed by atoms with Crippen LogP contribution in [0.2, 0.25) is 0 Å². The molecule has 4 rings (SSSR count). The van der Waals surface area contributed by atoms with Crippen LogP contribution in [0.15, 0.2) is 48.7 Å². The minimum absolute atomic E-state index is 0.0756. The number of benzene rings is 2. The van der Waals surface area contributed by atoms with Gasteiger partial charge in [-0.15, -0.1) is 0 Å². The van der Waals surface area contributed by atoms with Crippen molar-refractivity contribution in [1.82, 2.24) is 15.1 Å². The topological polar surface area (TPSA) is 69.2 Å². The summed E-state index contributed by atoms with van der Waals surface area (Å²) >= 11 is 0. The number of rotatable bonds is 2. The number of carbonyl (C=O) groups is 1. The fourth-order valence-electron chi connectivity index (χ4n) is 3.39. The molecule has 0 saturated heterocycles. The van der Waals surface area contributed by atoms with Gasteiger partial charge in [0.2, 0.25) is 0 Å². The van der Waals surface area contributed by atoms with Crippen LogP contribution in [0.4, 0.5) is 0 Å². The summed E-state index contributed by atoms with van der Waals surface area (Å²) in [7, 11) is 0. The lowest BCUT2D eigenvalue weighted by atomic mass is 9.92. The Kier molecular flexibility index (Phi) is 3.35. The number of carbonyl (C=O) groups excluding carboxylic acids is 1. The van der Waals surface area contributed by atoms with Crippen LogP contribution >= 0.6 is 0 Å². The Balaban J connectivity index is 1.75. The van der Waals surface area contributed by atoms with Crippen LogP contribution in [0.5, 0.6) is 0 Å². The molecule has 1 aromatic heterocycles. The zero-order chi connectivity index (χ0) is 15.8. The summed E-state index contributed by atoms with van der Waals surface area (Å²) in [6, 6.07) is 13.3. The largest absolute Gasteiger partial charge is 0.394 e. The van der Waals surface area contributed by atoms with Gasteiger partial charge in [0.25, 0.3) is 5.91 Å². The quantitative estimate of drug-likeness (QED) is 0.763. The summed E-state index contributed by atoms with van der Waals surface area (Å²) in [5.41, 5.74) is 3.58. The van der Waals surface area contributed by atoms with E-state index in [-0.39, 0.29) is 18.6 Å². The van der Waals surface area contributed by atoms with Gasteiger partial charge in [-0.05, 0) is 23.6 Å². The van der Waals surface area contributed by atoms with Crippen molar-refractivity contribution in [3.63, 3.8) is 0 Å². The Bertz CT molecular complexity index is 871. The summed E-state index contributed by atoms with van der Waals surface area (Å²) in [6.07, 6.45) is 2.51. The molecule has 0 aliphatic carbocycles. The summed E-state index contributed by atoms with van der Waals surface area (Å²) in [6.45, 7) is 0.521. The molecule has 2 aromatic carbocycles. The molecule has 2 N–H and O–H groups in total. The molecular weight excluding hydrogens is 290 g/mol. The second-order valence-electron chi connectivity index (χ2n) is 5.79. The van der Waals surface area contributed by atoms with Crippen LogP contribution in [0, 0.1) is 0 Å². The lowest BCUT2D eigenvalue weighted by Gasteiger charge is -2.36. The molecule has 2 heterocycles. The van der Waals surface area contributed by atoms with E-state index in [1.54, 1.807) is 17.2 Å². The van der Waals surface area contributed by atoms with Crippen LogP contribution in [0.3, 0.4) is 0 Å². The number of hydrogen-bond acceptors (Lipinski definition) is 3. The molecule has 23 heavy (non-hydrogen) atoms. The number of fused-ring (bicyclic) bond motifs is 2. The Labute approximate surface area is 133 Å². The van der Waals surface area contributed by atoms with E-state index in [4.69, 9.17) is 0 Å². The zero-order valence-corrected chi connectivity index (χ0v) is 12.6. The normalized spacial score (nSPS) is 17.3. The Hall–Kier alpha value is -2.66. The van der Waals surface area contributed by atoms with Gasteiger partial charge in [-0.1, -0.05) is 36.4 Å². The lowest BCUT2D eigenvalue weighted by molar-refractivity contribution is 0.0570. The van der Waals surface area contributed by atoms with Crippen molar-refractivity contribution in [2.45, 2.75) is 12.5 Å². The molecule has 3 aromatic rings. The average Bonchev–Trinajstić information content (AvgIpc) is 3.08. The lowest BCUT2D eigenvalue weighted by Crippen LogP contribution is -2.41. The molecule has 1 aliphatic heterocycles. The number of aliphatic hydroxyl groups is 1. The van der Waals surface area contributed by atoms with Gasteiger partial charge < -0.3 is 10.0 Å². The van der Waals surface area contributed by atoms with Gasteiger partial charge in [0.05, 0.1) is 29.9 Å². The first-order valence-electron chi connectivity index (χ1n) is 7.71. The number of nitrogens with zero attached hydrogens (tertiary/aromatic N) is 2. The standard InChI is InChI=1S/C18H17N3O2/c22-11-16-14-6-2-1-4-12(14)8-9-21(16)18(23)15-7-3-5-13-10-19-20-17(13)15/h1-7,10,16,22H,8-9,11H2,(H,19,20). The molecule has 0 radical (unpaired) electrons. The fourth-order valence-corrected chi connectivity index (χ4v) is 3.39. The van der Waals surface area contributed by atoms with E-state index >= 15 is 0 Å². The van der Waals surface area contributed by atoms with Gasteiger partial charge in [0.15, 0.2) is 0 Å². The number of aromatic nitrogens is 2. The van der Waals surface area contributed by atoms with Crippen molar-refractivity contribution in [3.8, 4) is 0 Å². The summed E-state index contributed by atoms with van der Waals surface area (Å²) in [4.78, 5) is 14.8. The molecule has 5 nitrogen and oxygen atoms in total. The third-order valence-corrected chi connectivity index (χ3v) is 4.55. The van der Waals surface area contributed by atoms with E-state index in [1.807, 2.05) is 30.3 Å². The van der Waals surface area contributed by atoms with Gasteiger partial charge in [-0.3, -0.25) is 9.89 Å². The molecule has 1 aliphatic rings. The highest BCUT2D eigenvalue weighted by molar-refractivity contribution is 6.05. The second-order valence-corrected chi connectivity index (χ2v) is 5.79. The Morgan fingerprint density at radius 2 is 2.13 bits per heavy atom. The van der Waals surface area contributed by atoms with Crippen molar-refractivity contribution in [3.05, 3.63) is 65.4 Å². The first-order valence-corrected chi connectivity index (χ1v) is 7.71. The van der Waals surface area contributed by atoms with Crippen LogP contribution < -0.4 is 0 Å². The molecule has 1 unspecified atom stereocenters. The van der Waals surface area contributed by atoms with E-state index in [1.165, 1.54) is 5.56 Å². The van der Waals surface area contributed by atoms with Crippen molar-refractivity contribution < 1.29 is 9.90 Å². The van der Waals surface area contributed by atoms with E-state index < -0.39 is 0 Å². The summed E-state index contributed by atoms with van der Waals surface area (Å²) in [5, 5.41) is 17.7. The minimum Gasteiger partial charge on any atom is -0.394 e. The molecule has 5 heteroatoms. The monoisotopic (exact) mass is 307 g/mol. The van der Waals surface area contributed by atoms with Gasteiger partial charge in [-0.25, -0.2) is 0 Å². The van der Waals surface area contributed by atoms with Crippen LogP contribution in [0.25, 0.3) is 10.9 Å². The molecular formula is C18H17N3O2. The summed E-state index contributed by atoms with van der Waals surface area (Å²) < 4.78 is 0. The number of aromatic amines is 1. The number of hydrogen-bond donors (Lipinski definition) is 2. The van der Waals surface area contributed by atoms with Crippen LogP contribution in [0.1, 0.15) is 27.5 Å². The van der Waals surface area contributed by atoms with Gasteiger partial charge in [0.1, 0.15) is 0 Å². The molecule has 1 atom stereocenters. The Morgan fingerprint density at radius 1 is 1.26 bits per heavy atom. The molecule has 1 amide bonds. The maximum absolute atomic E-state index is 13.1. The highest BCUT2D eigenvalue weighted by atomic mass is 16.3. The fraction of sp³-hybridized carbons (Fsp3) is 0.222. The van der Waals surface area contributed by atoms with Crippen molar-refractivity contribution in [2.24, 2.45) is 0 Å². The maximum Gasteiger partial charge on any atom is 0.256 e. The highest BCUT2D eigenvalue weighted by Gasteiger charge is 2.31. The first-order chi connectivity index (χ1) is 11.3.